The summed E-state index contributed by atoms with van der Waals surface area (Å²) in [7, 11) is 0. The monoisotopic (exact) mass is 443 g/mol. The molecule has 7 nitrogen and oxygen atoms in total. The maximum absolute atomic E-state index is 14.1. The smallest absolute Gasteiger partial charge is 0.270 e. The molecule has 0 spiro atoms. The molecule has 0 aromatic heterocycles. The van der Waals surface area contributed by atoms with E-state index >= 15 is 0 Å². The van der Waals surface area contributed by atoms with Crippen molar-refractivity contribution >= 4 is 29.3 Å². The summed E-state index contributed by atoms with van der Waals surface area (Å²) in [6.07, 6.45) is 2.95. The summed E-state index contributed by atoms with van der Waals surface area (Å²) in [6.45, 7) is 1.63. The largest absolute Gasteiger partial charge is 0.339 e. The fourth-order valence-electron chi connectivity index (χ4n) is 3.75. The molecule has 9 heteroatoms. The molecule has 0 atom stereocenters. The van der Waals surface area contributed by atoms with E-state index in [1.54, 1.807) is 28.0 Å². The number of benzene rings is 2. The number of non-ortho nitro benzene ring substituents is 1. The number of hydrogen-bond donors (Lipinski definition) is 0. The highest BCUT2D eigenvalue weighted by atomic mass is 32.2. The second-order valence-corrected chi connectivity index (χ2v) is 8.80. The number of nitrogens with zero attached hydrogens (tertiary/aromatic N) is 3. The number of rotatable bonds is 5. The van der Waals surface area contributed by atoms with Crippen LogP contribution in [0.3, 0.4) is 0 Å². The van der Waals surface area contributed by atoms with Crippen LogP contribution in [0.25, 0.3) is 0 Å². The van der Waals surface area contributed by atoms with Gasteiger partial charge >= 0.3 is 0 Å². The maximum Gasteiger partial charge on any atom is 0.270 e. The van der Waals surface area contributed by atoms with Crippen LogP contribution in [0.15, 0.2) is 52.3 Å². The van der Waals surface area contributed by atoms with Crippen LogP contribution in [-0.2, 0) is 4.79 Å². The van der Waals surface area contributed by atoms with Gasteiger partial charge in [0, 0.05) is 54.0 Å². The van der Waals surface area contributed by atoms with Crippen molar-refractivity contribution in [1.82, 2.24) is 9.80 Å². The number of halogens is 1. The van der Waals surface area contributed by atoms with E-state index in [2.05, 4.69) is 0 Å². The highest BCUT2D eigenvalue weighted by molar-refractivity contribution is 7.99. The van der Waals surface area contributed by atoms with Gasteiger partial charge in [-0.15, -0.1) is 0 Å². The molecule has 4 rings (SSSR count). The molecule has 1 saturated carbocycles. The number of nitro benzene ring substituents is 1. The van der Waals surface area contributed by atoms with Gasteiger partial charge in [0.15, 0.2) is 0 Å². The summed E-state index contributed by atoms with van der Waals surface area (Å²) in [5.41, 5.74) is -0.0266. The fraction of sp³-hybridized carbons (Fsp3) is 0.364. The molecule has 2 fully saturated rings. The quantitative estimate of drug-likeness (QED) is 0.516. The van der Waals surface area contributed by atoms with Crippen LogP contribution in [0, 0.1) is 21.8 Å². The average Bonchev–Trinajstić information content (AvgIpc) is 2.74. The molecular weight excluding hydrogens is 421 g/mol. The van der Waals surface area contributed by atoms with Gasteiger partial charge in [0.05, 0.1) is 10.5 Å². The minimum absolute atomic E-state index is 0.114. The lowest BCUT2D eigenvalue weighted by molar-refractivity contribution is -0.384. The van der Waals surface area contributed by atoms with E-state index in [0.29, 0.717) is 36.0 Å². The summed E-state index contributed by atoms with van der Waals surface area (Å²) < 4.78 is 14.1. The van der Waals surface area contributed by atoms with Crippen LogP contribution in [0.2, 0.25) is 0 Å². The molecule has 1 aliphatic carbocycles. The van der Waals surface area contributed by atoms with E-state index in [9.17, 15) is 24.1 Å². The Bertz CT molecular complexity index is 1020. The van der Waals surface area contributed by atoms with Crippen molar-refractivity contribution in [3.05, 3.63) is 64.0 Å². The molecule has 0 N–H and O–H groups in total. The van der Waals surface area contributed by atoms with Gasteiger partial charge in [0.1, 0.15) is 5.82 Å². The van der Waals surface area contributed by atoms with Gasteiger partial charge in [0.25, 0.3) is 11.6 Å². The maximum atomic E-state index is 14.1. The van der Waals surface area contributed by atoms with E-state index in [-0.39, 0.29) is 29.0 Å². The van der Waals surface area contributed by atoms with E-state index in [0.717, 1.165) is 31.0 Å². The number of carbonyl (C=O) groups excluding carboxylic acids is 2. The van der Waals surface area contributed by atoms with Crippen LogP contribution >= 0.6 is 11.8 Å². The Morgan fingerprint density at radius 3 is 2.29 bits per heavy atom. The molecule has 1 aliphatic heterocycles. The molecule has 2 aromatic rings. The van der Waals surface area contributed by atoms with Crippen molar-refractivity contribution in [1.29, 1.82) is 0 Å². The molecule has 0 radical (unpaired) electrons. The van der Waals surface area contributed by atoms with Crippen LogP contribution in [0.5, 0.6) is 0 Å². The van der Waals surface area contributed by atoms with Crippen LogP contribution in [0.4, 0.5) is 10.1 Å². The zero-order valence-electron chi connectivity index (χ0n) is 16.8. The number of carbonyl (C=O) groups is 2. The normalized spacial score (nSPS) is 16.7. The average molecular weight is 444 g/mol. The van der Waals surface area contributed by atoms with E-state index in [4.69, 9.17) is 0 Å². The zero-order chi connectivity index (χ0) is 22.0. The van der Waals surface area contributed by atoms with E-state index in [1.807, 2.05) is 0 Å². The molecule has 1 heterocycles. The topological polar surface area (TPSA) is 83.8 Å². The number of piperazine rings is 1. The third-order valence-electron chi connectivity index (χ3n) is 5.79. The van der Waals surface area contributed by atoms with Crippen molar-refractivity contribution in [2.75, 3.05) is 26.2 Å². The summed E-state index contributed by atoms with van der Waals surface area (Å²) in [5, 5.41) is 11.3. The van der Waals surface area contributed by atoms with Crippen molar-refractivity contribution < 1.29 is 18.9 Å². The highest BCUT2D eigenvalue weighted by Gasteiger charge is 2.33. The summed E-state index contributed by atoms with van der Waals surface area (Å²) >= 11 is 1.06. The third kappa shape index (κ3) is 4.56. The van der Waals surface area contributed by atoms with Crippen molar-refractivity contribution in [3.8, 4) is 0 Å². The molecule has 2 aromatic carbocycles. The van der Waals surface area contributed by atoms with Crippen molar-refractivity contribution in [3.63, 3.8) is 0 Å². The molecule has 0 bridgehead atoms. The first-order valence-electron chi connectivity index (χ1n) is 10.2. The van der Waals surface area contributed by atoms with E-state index in [1.165, 1.54) is 24.3 Å². The molecule has 2 aliphatic rings. The lowest BCUT2D eigenvalue weighted by atomic mass is 9.84. The minimum atomic E-state index is -0.552. The van der Waals surface area contributed by atoms with Crippen molar-refractivity contribution in [2.24, 2.45) is 5.92 Å². The lowest BCUT2D eigenvalue weighted by Gasteiger charge is -2.38. The molecule has 2 amide bonds. The van der Waals surface area contributed by atoms with Crippen LogP contribution < -0.4 is 0 Å². The van der Waals surface area contributed by atoms with Gasteiger partial charge in [-0.1, -0.05) is 30.3 Å². The molecule has 162 valence electrons. The predicted octanol–water partition coefficient (Wildman–Crippen LogP) is 3.97. The van der Waals surface area contributed by atoms with Gasteiger partial charge in [-0.05, 0) is 31.0 Å². The Morgan fingerprint density at radius 1 is 1.00 bits per heavy atom. The first-order chi connectivity index (χ1) is 14.9. The standard InChI is InChI=1S/C22H22FN3O4S/c23-18-6-1-2-7-20(18)31-19-9-8-16(26(29)30)14-17(19)22(28)25-12-10-24(11-13-25)21(27)15-4-3-5-15/h1-2,6-9,14-15H,3-5,10-13H2. The lowest BCUT2D eigenvalue weighted by Crippen LogP contribution is -2.52. The Balaban J connectivity index is 1.53. The Morgan fingerprint density at radius 2 is 1.68 bits per heavy atom. The van der Waals surface area contributed by atoms with Gasteiger partial charge < -0.3 is 9.80 Å². The Kier molecular flexibility index (Phi) is 6.22. The van der Waals surface area contributed by atoms with Gasteiger partial charge in [0.2, 0.25) is 5.91 Å². The first kappa shape index (κ1) is 21.3. The van der Waals surface area contributed by atoms with Crippen LogP contribution in [-0.4, -0.2) is 52.7 Å². The highest BCUT2D eigenvalue weighted by Crippen LogP contribution is 2.35. The molecular formula is C22H22FN3O4S. The number of nitro groups is 1. The number of amides is 2. The summed E-state index contributed by atoms with van der Waals surface area (Å²) in [5.74, 6) is -0.502. The van der Waals surface area contributed by atoms with Gasteiger partial charge in [-0.25, -0.2) is 4.39 Å². The van der Waals surface area contributed by atoms with Gasteiger partial charge in [-0.3, -0.25) is 19.7 Å². The summed E-state index contributed by atoms with van der Waals surface area (Å²) in [4.78, 5) is 40.6. The van der Waals surface area contributed by atoms with E-state index < -0.39 is 10.7 Å². The zero-order valence-corrected chi connectivity index (χ0v) is 17.6. The third-order valence-corrected chi connectivity index (χ3v) is 6.92. The van der Waals surface area contributed by atoms with Gasteiger partial charge in [-0.2, -0.15) is 0 Å². The van der Waals surface area contributed by atoms with Crippen molar-refractivity contribution in [2.45, 2.75) is 29.1 Å². The fourth-order valence-corrected chi connectivity index (χ4v) is 4.69. The Hall–Kier alpha value is -2.94. The molecule has 1 saturated heterocycles. The minimum Gasteiger partial charge on any atom is -0.339 e. The molecule has 31 heavy (non-hydrogen) atoms. The second-order valence-electron chi connectivity index (χ2n) is 7.72. The molecule has 0 unspecified atom stereocenters. The predicted molar refractivity (Wildman–Crippen MR) is 113 cm³/mol. The number of hydrogen-bond acceptors (Lipinski definition) is 5. The first-order valence-corrected chi connectivity index (χ1v) is 11.0. The van der Waals surface area contributed by atoms with Crippen LogP contribution in [0.1, 0.15) is 29.6 Å². The summed E-state index contributed by atoms with van der Waals surface area (Å²) in [6, 6.07) is 10.2. The Labute approximate surface area is 183 Å². The second kappa shape index (κ2) is 9.05. The SMILES string of the molecule is O=C(c1cc([N+](=O)[O-])ccc1Sc1ccccc1F)N1CCN(C(=O)C2CCC2)CC1.